The summed E-state index contributed by atoms with van der Waals surface area (Å²) in [5, 5.41) is 4.88. The molecule has 0 fully saturated rings. The van der Waals surface area contributed by atoms with E-state index >= 15 is 0 Å². The zero-order chi connectivity index (χ0) is 44.6. The Bertz CT molecular complexity index is 2780. The van der Waals surface area contributed by atoms with E-state index in [1.807, 2.05) is 61.5 Å². The summed E-state index contributed by atoms with van der Waals surface area (Å²) in [5.41, 5.74) is 9.18. The highest BCUT2D eigenvalue weighted by atomic mass is 32.2. The maximum absolute atomic E-state index is 14.8. The number of nitrogens with one attached hydrogen (secondary N) is 3. The van der Waals surface area contributed by atoms with Gasteiger partial charge in [0.25, 0.3) is 0 Å². The van der Waals surface area contributed by atoms with Crippen LogP contribution in [-0.2, 0) is 20.0 Å². The molecule has 0 amide bonds. The van der Waals surface area contributed by atoms with Crippen molar-refractivity contribution in [3.63, 3.8) is 0 Å². The van der Waals surface area contributed by atoms with Crippen LogP contribution in [0.25, 0.3) is 33.4 Å². The van der Waals surface area contributed by atoms with Crippen LogP contribution in [0.5, 0.6) is 0 Å². The van der Waals surface area contributed by atoms with Gasteiger partial charge in [0.15, 0.2) is 0 Å². The lowest BCUT2D eigenvalue weighted by molar-refractivity contribution is 0.443. The third-order valence-corrected chi connectivity index (χ3v) is 14.9. The van der Waals surface area contributed by atoms with Crippen LogP contribution in [0.15, 0.2) is 110 Å². The molecule has 0 saturated carbocycles. The number of anilines is 2. The number of benzene rings is 5. The van der Waals surface area contributed by atoms with E-state index in [-0.39, 0.29) is 34.7 Å². The van der Waals surface area contributed by atoms with Gasteiger partial charge in [0, 0.05) is 58.7 Å². The summed E-state index contributed by atoms with van der Waals surface area (Å²) in [6.07, 6.45) is 7.49. The highest BCUT2D eigenvalue weighted by molar-refractivity contribution is 7.90. The van der Waals surface area contributed by atoms with E-state index in [4.69, 9.17) is 9.41 Å². The lowest BCUT2D eigenvalue weighted by atomic mass is 9.93. The molecule has 4 aromatic carbocycles. The molecule has 0 radical (unpaired) electrons. The van der Waals surface area contributed by atoms with Crippen molar-refractivity contribution in [2.75, 3.05) is 18.4 Å². The van der Waals surface area contributed by atoms with Gasteiger partial charge in [-0.3, -0.25) is 0 Å². The van der Waals surface area contributed by atoms with Crippen LogP contribution in [-0.4, -0.2) is 29.9 Å². The Morgan fingerprint density at radius 1 is 0.629 bits per heavy atom. The number of rotatable bonds is 20. The molecule has 2 aliphatic rings. The van der Waals surface area contributed by atoms with E-state index in [9.17, 15) is 16.8 Å². The van der Waals surface area contributed by atoms with Crippen molar-refractivity contribution in [1.29, 1.82) is 0 Å². The monoisotopic (exact) mass is 876 g/mol. The second kappa shape index (κ2) is 20.6. The first kappa shape index (κ1) is 46.7. The van der Waals surface area contributed by atoms with Crippen LogP contribution in [0, 0.1) is 39.5 Å². The van der Waals surface area contributed by atoms with Gasteiger partial charge in [-0.15, -0.1) is 0 Å². The first-order valence-corrected chi connectivity index (χ1v) is 25.2. The highest BCUT2D eigenvalue weighted by Crippen LogP contribution is 2.44. The van der Waals surface area contributed by atoms with Crippen LogP contribution in [0.4, 0.5) is 17.1 Å². The van der Waals surface area contributed by atoms with Gasteiger partial charge in [-0.05, 0) is 112 Å². The van der Waals surface area contributed by atoms with Crippen LogP contribution in [0.2, 0.25) is 0 Å². The van der Waals surface area contributed by atoms with E-state index in [1.165, 1.54) is 12.1 Å². The molecule has 0 bridgehead atoms. The lowest BCUT2D eigenvalue weighted by Crippen LogP contribution is -2.31. The van der Waals surface area contributed by atoms with Crippen LogP contribution >= 0.6 is 0 Å². The van der Waals surface area contributed by atoms with E-state index < -0.39 is 20.0 Å². The van der Waals surface area contributed by atoms with Crippen molar-refractivity contribution in [2.45, 2.75) is 117 Å². The maximum atomic E-state index is 14.8. The summed E-state index contributed by atoms with van der Waals surface area (Å²) in [7, 11) is -8.33. The van der Waals surface area contributed by atoms with E-state index in [0.717, 1.165) is 90.7 Å². The number of fused-ring (bicyclic) bond motifs is 2. The minimum absolute atomic E-state index is 0.103. The molecule has 0 spiro atoms. The molecule has 6 rings (SSSR count). The molecule has 4 aromatic rings. The van der Waals surface area contributed by atoms with E-state index in [0.29, 0.717) is 38.8 Å². The Balaban J connectivity index is 1.57. The standard InChI is InChI=1S/C51H64N4O5S2/c1-9-13-15-38(11-3)32-52-61(56,57)42-21-24-45(50(31-42)62(58,59)53-33-39(12-4)16-14-10-2)51-43-22-19-40(54-46-25-17-34(5)27-36(46)7)29-48(43)60-49-30-41(20-23-44(49)51)55-47-26-18-35(6)28-37(47)8/h17-31,38-39,52-54H,9-16,32-33H2,1-8H3/b55-41+. The number of unbranched alkanes of at least 4 members (excludes halogenated alkanes) is 2. The molecule has 9 nitrogen and oxygen atoms in total. The fourth-order valence-electron chi connectivity index (χ4n) is 8.10. The Labute approximate surface area is 369 Å². The first-order valence-electron chi connectivity index (χ1n) is 22.3. The molecule has 3 N–H and O–H groups in total. The van der Waals surface area contributed by atoms with Crippen molar-refractivity contribution in [3.8, 4) is 22.5 Å². The van der Waals surface area contributed by atoms with Gasteiger partial charge < -0.3 is 9.73 Å². The third kappa shape index (κ3) is 11.2. The molecule has 2 atom stereocenters. The van der Waals surface area contributed by atoms with Gasteiger partial charge in [-0.2, -0.15) is 0 Å². The van der Waals surface area contributed by atoms with Crippen molar-refractivity contribution in [2.24, 2.45) is 16.8 Å². The second-order valence-corrected chi connectivity index (χ2v) is 20.4. The van der Waals surface area contributed by atoms with E-state index in [2.05, 4.69) is 81.4 Å². The normalized spacial score (nSPS) is 13.5. The summed E-state index contributed by atoms with van der Waals surface area (Å²) in [5.74, 6) is 0.810. The summed E-state index contributed by atoms with van der Waals surface area (Å²) in [4.78, 5) is 4.76. The van der Waals surface area contributed by atoms with Crippen LogP contribution in [0.3, 0.4) is 0 Å². The minimum atomic E-state index is -4.26. The number of aryl methyl sites for hydroxylation is 4. The quantitative estimate of drug-likeness (QED) is 0.0655. The predicted octanol–water partition coefficient (Wildman–Crippen LogP) is 12.4. The maximum Gasteiger partial charge on any atom is 0.241 e. The zero-order valence-electron chi connectivity index (χ0n) is 37.7. The van der Waals surface area contributed by atoms with Crippen LogP contribution < -0.4 is 20.1 Å². The lowest BCUT2D eigenvalue weighted by Gasteiger charge is -2.21. The average Bonchev–Trinajstić information content (AvgIpc) is 3.24. The Kier molecular flexibility index (Phi) is 15.5. The molecule has 0 aromatic heterocycles. The molecular weight excluding hydrogens is 813 g/mol. The van der Waals surface area contributed by atoms with Gasteiger partial charge in [-0.1, -0.05) is 108 Å². The molecule has 330 valence electrons. The van der Waals surface area contributed by atoms with Gasteiger partial charge in [0.05, 0.1) is 20.8 Å². The predicted molar refractivity (Wildman–Crippen MR) is 256 cm³/mol. The summed E-state index contributed by atoms with van der Waals surface area (Å²) in [6, 6.07) is 28.3. The fraction of sp³-hybridized carbons (Fsp3) is 0.392. The topological polar surface area (TPSA) is 130 Å². The van der Waals surface area contributed by atoms with Crippen molar-refractivity contribution in [3.05, 3.63) is 119 Å². The molecule has 62 heavy (non-hydrogen) atoms. The minimum Gasteiger partial charge on any atom is -0.456 e. The van der Waals surface area contributed by atoms with Gasteiger partial charge in [0.2, 0.25) is 20.0 Å². The molecule has 1 heterocycles. The van der Waals surface area contributed by atoms with Crippen molar-refractivity contribution < 1.29 is 21.3 Å². The summed E-state index contributed by atoms with van der Waals surface area (Å²) >= 11 is 0. The van der Waals surface area contributed by atoms with E-state index in [1.54, 1.807) is 6.07 Å². The van der Waals surface area contributed by atoms with Crippen molar-refractivity contribution >= 4 is 48.1 Å². The van der Waals surface area contributed by atoms with Crippen molar-refractivity contribution in [1.82, 2.24) is 9.44 Å². The largest absolute Gasteiger partial charge is 0.456 e. The molecular formula is C51H64N4O5S2. The van der Waals surface area contributed by atoms with Gasteiger partial charge >= 0.3 is 0 Å². The van der Waals surface area contributed by atoms with Crippen LogP contribution in [0.1, 0.15) is 101 Å². The molecule has 2 unspecified atom stereocenters. The Morgan fingerprint density at radius 2 is 1.26 bits per heavy atom. The zero-order valence-corrected chi connectivity index (χ0v) is 39.3. The first-order chi connectivity index (χ1) is 29.7. The highest BCUT2D eigenvalue weighted by Gasteiger charge is 2.28. The number of nitrogens with zero attached hydrogens (tertiary/aromatic N) is 1. The fourth-order valence-corrected chi connectivity index (χ4v) is 10.7. The second-order valence-electron chi connectivity index (χ2n) is 16.9. The summed E-state index contributed by atoms with van der Waals surface area (Å²) < 4.78 is 70.0. The van der Waals surface area contributed by atoms with Gasteiger partial charge in [-0.25, -0.2) is 31.3 Å². The number of hydrogen-bond donors (Lipinski definition) is 3. The Hall–Kier alpha value is -4.81. The SMILES string of the molecule is CCCCC(CC)CNS(=O)(=O)c1ccc(-c2c3cc/c(=N\c4ccc(C)cc4C)cc-3oc3cc(Nc4ccc(C)cc4C)ccc23)c(S(=O)(=O)NCC(CC)CCCC)c1. The third-order valence-electron chi connectivity index (χ3n) is 12.0. The average molecular weight is 877 g/mol. The number of hydrogen-bond acceptors (Lipinski definition) is 7. The molecule has 1 aliphatic carbocycles. The molecule has 0 saturated heterocycles. The summed E-state index contributed by atoms with van der Waals surface area (Å²) in [6.45, 7) is 17.1. The molecule has 1 aliphatic heterocycles. The smallest absolute Gasteiger partial charge is 0.241 e. The van der Waals surface area contributed by atoms with Gasteiger partial charge in [0.1, 0.15) is 11.3 Å². The number of sulfonamides is 2. The molecule has 11 heteroatoms. The Morgan fingerprint density at radius 3 is 1.89 bits per heavy atom.